The molecule has 3 aromatic rings. The van der Waals surface area contributed by atoms with Crippen molar-refractivity contribution in [2.75, 3.05) is 5.32 Å². The van der Waals surface area contributed by atoms with Crippen LogP contribution in [0.25, 0.3) is 0 Å². The standard InChI is InChI=1S/C26H25NO3/c1-4-15(3)17-12-8-9-16(5-2)24(17)27-20-13-14-21(28)23-22(20)25(29)18-10-6-7-11-19(18)26(23)30/h6-15,27-28H,4-5H2,1-3H3. The Labute approximate surface area is 176 Å². The molecular formula is C26H25NO3. The number of fused-ring (bicyclic) bond motifs is 2. The SMILES string of the molecule is CCc1cccc(C(C)CC)c1Nc1ccc(O)c2c1C(=O)c1ccccc1C2=O. The predicted octanol–water partition coefficient (Wildman–Crippen LogP) is 5.99. The van der Waals surface area contributed by atoms with Crippen LogP contribution in [0.5, 0.6) is 5.75 Å². The molecule has 0 aliphatic heterocycles. The molecule has 30 heavy (non-hydrogen) atoms. The van der Waals surface area contributed by atoms with Crippen LogP contribution >= 0.6 is 0 Å². The Hall–Kier alpha value is -3.40. The highest BCUT2D eigenvalue weighted by atomic mass is 16.3. The topological polar surface area (TPSA) is 66.4 Å². The molecule has 1 aliphatic rings. The summed E-state index contributed by atoms with van der Waals surface area (Å²) < 4.78 is 0. The first kappa shape index (κ1) is 19.9. The molecule has 3 aromatic carbocycles. The van der Waals surface area contributed by atoms with Crippen molar-refractivity contribution in [2.45, 2.75) is 39.5 Å². The fraction of sp³-hybridized carbons (Fsp3) is 0.231. The number of ketones is 2. The van der Waals surface area contributed by atoms with E-state index in [0.717, 1.165) is 24.1 Å². The fourth-order valence-corrected chi connectivity index (χ4v) is 4.14. The second-order valence-corrected chi connectivity index (χ2v) is 7.76. The van der Waals surface area contributed by atoms with Gasteiger partial charge in [0, 0.05) is 16.8 Å². The Morgan fingerprint density at radius 3 is 2.17 bits per heavy atom. The van der Waals surface area contributed by atoms with Crippen molar-refractivity contribution < 1.29 is 14.7 Å². The normalized spacial score (nSPS) is 13.6. The molecule has 0 radical (unpaired) electrons. The molecular weight excluding hydrogens is 374 g/mol. The molecule has 0 fully saturated rings. The van der Waals surface area contributed by atoms with E-state index in [1.165, 1.54) is 11.6 Å². The number of hydrogen-bond donors (Lipinski definition) is 2. The summed E-state index contributed by atoms with van der Waals surface area (Å²) in [4.78, 5) is 26.4. The van der Waals surface area contributed by atoms with Gasteiger partial charge in [-0.3, -0.25) is 9.59 Å². The number of para-hydroxylation sites is 1. The van der Waals surface area contributed by atoms with Gasteiger partial charge in [0.05, 0.1) is 16.8 Å². The number of carbonyl (C=O) groups is 2. The van der Waals surface area contributed by atoms with Crippen molar-refractivity contribution in [3.8, 4) is 5.75 Å². The lowest BCUT2D eigenvalue weighted by molar-refractivity contribution is 0.0977. The highest BCUT2D eigenvalue weighted by Gasteiger charge is 2.34. The van der Waals surface area contributed by atoms with Crippen LogP contribution in [0.3, 0.4) is 0 Å². The average molecular weight is 399 g/mol. The highest BCUT2D eigenvalue weighted by molar-refractivity contribution is 6.31. The predicted molar refractivity (Wildman–Crippen MR) is 119 cm³/mol. The van der Waals surface area contributed by atoms with E-state index in [9.17, 15) is 14.7 Å². The summed E-state index contributed by atoms with van der Waals surface area (Å²) in [5, 5.41) is 13.9. The Morgan fingerprint density at radius 2 is 1.53 bits per heavy atom. The number of aromatic hydroxyl groups is 1. The molecule has 0 bridgehead atoms. The molecule has 0 amide bonds. The minimum atomic E-state index is -0.327. The third-order valence-corrected chi connectivity index (χ3v) is 6.02. The molecule has 0 spiro atoms. The largest absolute Gasteiger partial charge is 0.507 e. The van der Waals surface area contributed by atoms with E-state index in [2.05, 4.69) is 44.3 Å². The number of phenolic OH excluding ortho intramolecular Hbond substituents is 1. The van der Waals surface area contributed by atoms with Gasteiger partial charge in [-0.25, -0.2) is 0 Å². The van der Waals surface area contributed by atoms with Crippen LogP contribution in [0.1, 0.15) is 76.1 Å². The maximum atomic E-state index is 13.3. The van der Waals surface area contributed by atoms with Crippen molar-refractivity contribution >= 4 is 22.9 Å². The summed E-state index contributed by atoms with van der Waals surface area (Å²) in [6.45, 7) is 6.42. The molecule has 4 nitrogen and oxygen atoms in total. The first-order valence-electron chi connectivity index (χ1n) is 10.4. The molecule has 4 heteroatoms. The Kier molecular flexibility index (Phi) is 5.17. The molecule has 0 saturated carbocycles. The number of carbonyl (C=O) groups excluding carboxylic acids is 2. The van der Waals surface area contributed by atoms with Crippen LogP contribution in [-0.4, -0.2) is 16.7 Å². The lowest BCUT2D eigenvalue weighted by Crippen LogP contribution is -2.22. The number of hydrogen-bond acceptors (Lipinski definition) is 4. The van der Waals surface area contributed by atoms with E-state index < -0.39 is 0 Å². The fourth-order valence-electron chi connectivity index (χ4n) is 4.14. The number of aryl methyl sites for hydroxylation is 1. The van der Waals surface area contributed by atoms with E-state index >= 15 is 0 Å². The molecule has 1 unspecified atom stereocenters. The van der Waals surface area contributed by atoms with E-state index in [0.29, 0.717) is 22.7 Å². The number of rotatable bonds is 5. The van der Waals surface area contributed by atoms with Gasteiger partial charge in [0.1, 0.15) is 5.75 Å². The monoisotopic (exact) mass is 399 g/mol. The number of phenols is 1. The van der Waals surface area contributed by atoms with Gasteiger partial charge in [-0.1, -0.05) is 63.2 Å². The van der Waals surface area contributed by atoms with Crippen LogP contribution in [0, 0.1) is 0 Å². The summed E-state index contributed by atoms with van der Waals surface area (Å²) in [5.74, 6) is -0.413. The maximum absolute atomic E-state index is 13.3. The first-order chi connectivity index (χ1) is 14.5. The minimum Gasteiger partial charge on any atom is -0.507 e. The Balaban J connectivity index is 1.91. The molecule has 4 rings (SSSR count). The van der Waals surface area contributed by atoms with Gasteiger partial charge in [0.25, 0.3) is 0 Å². The van der Waals surface area contributed by atoms with Crippen molar-refractivity contribution in [3.63, 3.8) is 0 Å². The van der Waals surface area contributed by atoms with Crippen molar-refractivity contribution in [2.24, 2.45) is 0 Å². The summed E-state index contributed by atoms with van der Waals surface area (Å²) in [6, 6.07) is 16.2. The van der Waals surface area contributed by atoms with Gasteiger partial charge >= 0.3 is 0 Å². The summed E-state index contributed by atoms with van der Waals surface area (Å²) in [5.41, 5.74) is 4.84. The molecule has 0 heterocycles. The van der Waals surface area contributed by atoms with Crippen LogP contribution in [-0.2, 0) is 6.42 Å². The second-order valence-electron chi connectivity index (χ2n) is 7.76. The van der Waals surface area contributed by atoms with Crippen molar-refractivity contribution in [3.05, 3.63) is 88.0 Å². The smallest absolute Gasteiger partial charge is 0.198 e. The van der Waals surface area contributed by atoms with Gasteiger partial charge in [-0.05, 0) is 42.0 Å². The Bertz CT molecular complexity index is 1160. The van der Waals surface area contributed by atoms with Crippen molar-refractivity contribution in [1.82, 2.24) is 0 Å². The number of benzene rings is 3. The summed E-state index contributed by atoms with van der Waals surface area (Å²) in [7, 11) is 0. The van der Waals surface area contributed by atoms with Crippen molar-refractivity contribution in [1.29, 1.82) is 0 Å². The van der Waals surface area contributed by atoms with E-state index in [4.69, 9.17) is 0 Å². The Morgan fingerprint density at radius 1 is 0.867 bits per heavy atom. The van der Waals surface area contributed by atoms with Gasteiger partial charge in [-0.2, -0.15) is 0 Å². The number of anilines is 2. The van der Waals surface area contributed by atoms with E-state index in [-0.39, 0.29) is 28.4 Å². The minimum absolute atomic E-state index is 0.0720. The molecule has 2 N–H and O–H groups in total. The third kappa shape index (κ3) is 3.09. The molecule has 1 aliphatic carbocycles. The molecule has 152 valence electrons. The van der Waals surface area contributed by atoms with Gasteiger partial charge < -0.3 is 10.4 Å². The van der Waals surface area contributed by atoms with Crippen LogP contribution in [0.15, 0.2) is 54.6 Å². The third-order valence-electron chi connectivity index (χ3n) is 6.02. The average Bonchev–Trinajstić information content (AvgIpc) is 2.78. The number of nitrogens with one attached hydrogen (secondary N) is 1. The lowest BCUT2D eigenvalue weighted by Gasteiger charge is -2.24. The summed E-state index contributed by atoms with van der Waals surface area (Å²) in [6.07, 6.45) is 1.82. The molecule has 0 aromatic heterocycles. The zero-order valence-electron chi connectivity index (χ0n) is 17.5. The van der Waals surface area contributed by atoms with Crippen LogP contribution in [0.2, 0.25) is 0 Å². The lowest BCUT2D eigenvalue weighted by atomic mass is 9.82. The zero-order chi connectivity index (χ0) is 21.4. The van der Waals surface area contributed by atoms with Gasteiger partial charge in [0.2, 0.25) is 0 Å². The first-order valence-corrected chi connectivity index (χ1v) is 10.4. The maximum Gasteiger partial charge on any atom is 0.198 e. The molecule has 0 saturated heterocycles. The van der Waals surface area contributed by atoms with Gasteiger partial charge in [-0.15, -0.1) is 0 Å². The van der Waals surface area contributed by atoms with E-state index in [1.54, 1.807) is 30.3 Å². The van der Waals surface area contributed by atoms with Gasteiger partial charge in [0.15, 0.2) is 11.6 Å². The zero-order valence-corrected chi connectivity index (χ0v) is 17.5. The quantitative estimate of drug-likeness (QED) is 0.405. The highest BCUT2D eigenvalue weighted by Crippen LogP contribution is 2.40. The summed E-state index contributed by atoms with van der Waals surface area (Å²) >= 11 is 0. The second kappa shape index (κ2) is 7.79. The molecule has 1 atom stereocenters. The van der Waals surface area contributed by atoms with Crippen LogP contribution < -0.4 is 5.32 Å². The van der Waals surface area contributed by atoms with E-state index in [1.807, 2.05) is 0 Å². The van der Waals surface area contributed by atoms with Crippen LogP contribution in [0.4, 0.5) is 11.4 Å².